The summed E-state index contributed by atoms with van der Waals surface area (Å²) >= 11 is 0. The smallest absolute Gasteiger partial charge is 0.327 e. The summed E-state index contributed by atoms with van der Waals surface area (Å²) in [6, 6.07) is 3.48. The van der Waals surface area contributed by atoms with Gasteiger partial charge in [0.15, 0.2) is 0 Å². The number of benzene rings is 1. The number of amides is 1. The molecule has 1 saturated carbocycles. The zero-order chi connectivity index (χ0) is 18.8. The molecule has 1 unspecified atom stereocenters. The lowest BCUT2D eigenvalue weighted by molar-refractivity contribution is -0.162. The van der Waals surface area contributed by atoms with Gasteiger partial charge in [-0.3, -0.25) is 4.79 Å². The molecule has 0 spiro atoms. The van der Waals surface area contributed by atoms with Crippen LogP contribution in [0.5, 0.6) is 0 Å². The summed E-state index contributed by atoms with van der Waals surface area (Å²) in [6.45, 7) is 0.230. The Labute approximate surface area is 141 Å². The average Bonchev–Trinajstić information content (AvgIpc) is 3.33. The van der Waals surface area contributed by atoms with Crippen molar-refractivity contribution in [1.29, 1.82) is 0 Å². The molecule has 0 bridgehead atoms. The van der Waals surface area contributed by atoms with E-state index in [1.165, 1.54) is 6.08 Å². The summed E-state index contributed by atoms with van der Waals surface area (Å²) in [4.78, 5) is 12.9. The summed E-state index contributed by atoms with van der Waals surface area (Å²) < 4.78 is 75.6. The van der Waals surface area contributed by atoms with E-state index < -0.39 is 36.4 Å². The molecule has 2 nitrogen and oxygen atoms in total. The molecule has 1 fully saturated rings. The fraction of sp³-hybridized carbons (Fsp3) is 0.471. The Kier molecular flexibility index (Phi) is 5.49. The van der Waals surface area contributed by atoms with Gasteiger partial charge in [0, 0.05) is 12.1 Å². The highest BCUT2D eigenvalue weighted by atomic mass is 19.4. The highest BCUT2D eigenvalue weighted by molar-refractivity contribution is 5.92. The van der Waals surface area contributed by atoms with E-state index in [1.807, 2.05) is 0 Å². The second kappa shape index (κ2) is 7.09. The van der Waals surface area contributed by atoms with Crippen LogP contribution in [0.25, 0.3) is 6.08 Å². The van der Waals surface area contributed by atoms with Crippen LogP contribution in [0.2, 0.25) is 0 Å². The standard InChI is InChI=1S/C17H17F6NO/c1-11(13-5-6-13)24(10-16(18,19)20)15(25)9-4-12-2-7-14(8-3-12)17(21,22)23/h2-4,7-9,11,13H,5-6,10H2,1H3. The van der Waals surface area contributed by atoms with Crippen LogP contribution in [0.1, 0.15) is 30.9 Å². The number of halogens is 6. The predicted molar refractivity (Wildman–Crippen MR) is 80.4 cm³/mol. The highest BCUT2D eigenvalue weighted by Crippen LogP contribution is 2.36. The molecule has 0 aliphatic heterocycles. The zero-order valence-corrected chi connectivity index (χ0v) is 13.4. The third-order valence-electron chi connectivity index (χ3n) is 4.08. The number of hydrogen-bond acceptors (Lipinski definition) is 1. The van der Waals surface area contributed by atoms with Gasteiger partial charge in [0.2, 0.25) is 5.91 Å². The van der Waals surface area contributed by atoms with Crippen LogP contribution < -0.4 is 0 Å². The van der Waals surface area contributed by atoms with E-state index >= 15 is 0 Å². The molecular weight excluding hydrogens is 348 g/mol. The molecule has 25 heavy (non-hydrogen) atoms. The van der Waals surface area contributed by atoms with Crippen molar-refractivity contribution in [3.05, 3.63) is 41.5 Å². The third kappa shape index (κ3) is 5.79. The first-order valence-corrected chi connectivity index (χ1v) is 7.70. The van der Waals surface area contributed by atoms with Gasteiger partial charge in [-0.05, 0) is 49.5 Å². The van der Waals surface area contributed by atoms with Gasteiger partial charge in [0.25, 0.3) is 0 Å². The maximum absolute atomic E-state index is 12.7. The summed E-state index contributed by atoms with van der Waals surface area (Å²) in [5.74, 6) is -0.748. The largest absolute Gasteiger partial charge is 0.416 e. The number of rotatable bonds is 5. The van der Waals surface area contributed by atoms with Crippen LogP contribution in [0.4, 0.5) is 26.3 Å². The van der Waals surface area contributed by atoms with Crippen LogP contribution in [0.15, 0.2) is 30.3 Å². The molecule has 1 aliphatic rings. The van der Waals surface area contributed by atoms with Crippen molar-refractivity contribution in [2.24, 2.45) is 5.92 Å². The van der Waals surface area contributed by atoms with Crippen molar-refractivity contribution < 1.29 is 31.1 Å². The number of nitrogens with zero attached hydrogens (tertiary/aromatic N) is 1. The predicted octanol–water partition coefficient (Wildman–Crippen LogP) is 4.91. The van der Waals surface area contributed by atoms with Gasteiger partial charge >= 0.3 is 12.4 Å². The van der Waals surface area contributed by atoms with E-state index in [1.54, 1.807) is 6.92 Å². The summed E-state index contributed by atoms with van der Waals surface area (Å²) in [5, 5.41) is 0. The van der Waals surface area contributed by atoms with E-state index in [4.69, 9.17) is 0 Å². The van der Waals surface area contributed by atoms with Gasteiger partial charge in [-0.2, -0.15) is 26.3 Å². The number of carbonyl (C=O) groups excluding carboxylic acids is 1. The molecule has 1 aromatic carbocycles. The highest BCUT2D eigenvalue weighted by Gasteiger charge is 2.39. The van der Waals surface area contributed by atoms with E-state index in [0.29, 0.717) is 5.56 Å². The van der Waals surface area contributed by atoms with Crippen LogP contribution in [0, 0.1) is 5.92 Å². The minimum atomic E-state index is -4.51. The van der Waals surface area contributed by atoms with Gasteiger partial charge < -0.3 is 4.90 Å². The molecule has 8 heteroatoms. The second-order valence-electron chi connectivity index (χ2n) is 6.11. The van der Waals surface area contributed by atoms with Crippen molar-refractivity contribution in [2.45, 2.75) is 38.2 Å². The molecule has 1 atom stereocenters. The lowest BCUT2D eigenvalue weighted by Crippen LogP contribution is -2.44. The lowest BCUT2D eigenvalue weighted by atomic mass is 10.1. The quantitative estimate of drug-likeness (QED) is 0.536. The Balaban J connectivity index is 2.09. The molecule has 0 N–H and O–H groups in total. The maximum Gasteiger partial charge on any atom is 0.416 e. The summed E-state index contributed by atoms with van der Waals surface area (Å²) in [5.41, 5.74) is -0.538. The first-order chi connectivity index (χ1) is 11.5. The van der Waals surface area contributed by atoms with Crippen molar-refractivity contribution in [3.63, 3.8) is 0 Å². The van der Waals surface area contributed by atoms with E-state index in [0.717, 1.165) is 48.1 Å². The number of carbonyl (C=O) groups is 1. The van der Waals surface area contributed by atoms with Crippen molar-refractivity contribution in [2.75, 3.05) is 6.54 Å². The van der Waals surface area contributed by atoms with Crippen molar-refractivity contribution >= 4 is 12.0 Å². The molecule has 0 saturated heterocycles. The number of alkyl halides is 6. The summed E-state index contributed by atoms with van der Waals surface area (Å²) in [7, 11) is 0. The zero-order valence-electron chi connectivity index (χ0n) is 13.4. The Morgan fingerprint density at radius 1 is 1.16 bits per heavy atom. The van der Waals surface area contributed by atoms with Gasteiger partial charge in [-0.1, -0.05) is 12.1 Å². The fourth-order valence-electron chi connectivity index (χ4n) is 2.50. The van der Waals surface area contributed by atoms with Gasteiger partial charge in [-0.15, -0.1) is 0 Å². The topological polar surface area (TPSA) is 20.3 Å². The molecule has 1 amide bonds. The van der Waals surface area contributed by atoms with Crippen LogP contribution >= 0.6 is 0 Å². The monoisotopic (exact) mass is 365 g/mol. The van der Waals surface area contributed by atoms with E-state index in [9.17, 15) is 31.1 Å². The van der Waals surface area contributed by atoms with Gasteiger partial charge in [0.1, 0.15) is 6.54 Å². The molecule has 0 radical (unpaired) electrons. The fourth-order valence-corrected chi connectivity index (χ4v) is 2.50. The lowest BCUT2D eigenvalue weighted by Gasteiger charge is -2.29. The first-order valence-electron chi connectivity index (χ1n) is 7.70. The maximum atomic E-state index is 12.7. The Hall–Kier alpha value is -1.99. The minimum Gasteiger partial charge on any atom is -0.327 e. The Morgan fingerprint density at radius 2 is 1.72 bits per heavy atom. The molecule has 0 aromatic heterocycles. The molecule has 1 aromatic rings. The molecule has 138 valence electrons. The van der Waals surface area contributed by atoms with Crippen molar-refractivity contribution in [1.82, 2.24) is 4.90 Å². The SMILES string of the molecule is CC(C1CC1)N(CC(F)(F)F)C(=O)C=Cc1ccc(C(F)(F)F)cc1. The van der Waals surface area contributed by atoms with Crippen LogP contribution in [0.3, 0.4) is 0 Å². The van der Waals surface area contributed by atoms with E-state index in [2.05, 4.69) is 0 Å². The second-order valence-corrected chi connectivity index (χ2v) is 6.11. The van der Waals surface area contributed by atoms with Crippen molar-refractivity contribution in [3.8, 4) is 0 Å². The molecule has 1 aliphatic carbocycles. The Bertz CT molecular complexity index is 628. The normalized spacial score (nSPS) is 16.9. The Morgan fingerprint density at radius 3 is 2.16 bits per heavy atom. The average molecular weight is 365 g/mol. The van der Waals surface area contributed by atoms with Gasteiger partial charge in [0.05, 0.1) is 5.56 Å². The van der Waals surface area contributed by atoms with Gasteiger partial charge in [-0.25, -0.2) is 0 Å². The number of hydrogen-bond donors (Lipinski definition) is 0. The minimum absolute atomic E-state index is 0.0609. The third-order valence-corrected chi connectivity index (χ3v) is 4.08. The molecule has 0 heterocycles. The summed E-state index contributed by atoms with van der Waals surface area (Å²) in [6.07, 6.45) is -5.24. The first kappa shape index (κ1) is 19.3. The molecular formula is C17H17F6NO. The molecule has 2 rings (SSSR count). The van der Waals surface area contributed by atoms with E-state index in [-0.39, 0.29) is 5.92 Å². The van der Waals surface area contributed by atoms with Crippen LogP contribution in [-0.2, 0) is 11.0 Å². The van der Waals surface area contributed by atoms with Crippen LogP contribution in [-0.4, -0.2) is 29.6 Å².